The Hall–Kier alpha value is -1.80. The van der Waals surface area contributed by atoms with Crippen LogP contribution < -0.4 is 15.4 Å². The number of guanidine groups is 1. The van der Waals surface area contributed by atoms with Gasteiger partial charge in [-0.1, -0.05) is 36.4 Å². The fraction of sp³-hybridized carbons (Fsp3) is 0.409. The van der Waals surface area contributed by atoms with E-state index >= 15 is 0 Å². The summed E-state index contributed by atoms with van der Waals surface area (Å²) in [5, 5.41) is 6.67. The van der Waals surface area contributed by atoms with E-state index in [2.05, 4.69) is 71.9 Å². The first-order chi connectivity index (χ1) is 13.0. The minimum absolute atomic E-state index is 0. The van der Waals surface area contributed by atoms with Crippen LogP contribution in [-0.4, -0.2) is 44.7 Å². The molecule has 6 heteroatoms. The lowest BCUT2D eigenvalue weighted by atomic mass is 10.1. The summed E-state index contributed by atoms with van der Waals surface area (Å²) in [7, 11) is 5.94. The van der Waals surface area contributed by atoms with Crippen LogP contribution in [0.15, 0.2) is 53.5 Å². The summed E-state index contributed by atoms with van der Waals surface area (Å²) in [6.07, 6.45) is 0.0377. The van der Waals surface area contributed by atoms with Gasteiger partial charge in [0.15, 0.2) is 5.96 Å². The molecule has 0 aliphatic rings. The summed E-state index contributed by atoms with van der Waals surface area (Å²) in [5.74, 6) is 1.66. The zero-order chi connectivity index (χ0) is 19.6. The van der Waals surface area contributed by atoms with E-state index in [1.54, 1.807) is 7.05 Å². The van der Waals surface area contributed by atoms with Crippen molar-refractivity contribution in [2.45, 2.75) is 33.0 Å². The van der Waals surface area contributed by atoms with Gasteiger partial charge in [0.05, 0.1) is 6.54 Å². The third-order valence-electron chi connectivity index (χ3n) is 4.09. The topological polar surface area (TPSA) is 48.9 Å². The summed E-state index contributed by atoms with van der Waals surface area (Å²) in [6.45, 7) is 6.47. The number of benzene rings is 2. The van der Waals surface area contributed by atoms with Crippen LogP contribution in [0.3, 0.4) is 0 Å². The highest BCUT2D eigenvalue weighted by Crippen LogP contribution is 2.13. The molecule has 2 aromatic rings. The molecular formula is C22H33IN4O. The van der Waals surface area contributed by atoms with Crippen LogP contribution in [0.1, 0.15) is 23.6 Å². The van der Waals surface area contributed by atoms with Crippen LogP contribution >= 0.6 is 24.0 Å². The van der Waals surface area contributed by atoms with E-state index in [0.29, 0.717) is 6.54 Å². The van der Waals surface area contributed by atoms with Crippen molar-refractivity contribution < 1.29 is 4.74 Å². The predicted octanol–water partition coefficient (Wildman–Crippen LogP) is 3.81. The monoisotopic (exact) mass is 496 g/mol. The summed E-state index contributed by atoms with van der Waals surface area (Å²) < 4.78 is 5.95. The highest BCUT2D eigenvalue weighted by molar-refractivity contribution is 14.0. The highest BCUT2D eigenvalue weighted by atomic mass is 127. The SMILES string of the molecule is CN=C(NCc1ccc(CN(C)C)cc1)NCC(C)Oc1cccc(C)c1.I. The molecule has 0 aliphatic heterocycles. The maximum Gasteiger partial charge on any atom is 0.191 e. The van der Waals surface area contributed by atoms with E-state index in [1.165, 1.54) is 16.7 Å². The molecule has 154 valence electrons. The van der Waals surface area contributed by atoms with Crippen LogP contribution in [0.4, 0.5) is 0 Å². The molecule has 0 heterocycles. The Labute approximate surface area is 186 Å². The first-order valence-electron chi connectivity index (χ1n) is 9.36. The number of aryl methyl sites for hydroxylation is 1. The molecule has 5 nitrogen and oxygen atoms in total. The van der Waals surface area contributed by atoms with Crippen molar-refractivity contribution >= 4 is 29.9 Å². The van der Waals surface area contributed by atoms with Gasteiger partial charge in [0.25, 0.3) is 0 Å². The van der Waals surface area contributed by atoms with Crippen molar-refractivity contribution in [3.8, 4) is 5.75 Å². The van der Waals surface area contributed by atoms with Crippen molar-refractivity contribution in [3.63, 3.8) is 0 Å². The fourth-order valence-corrected chi connectivity index (χ4v) is 2.74. The van der Waals surface area contributed by atoms with E-state index in [-0.39, 0.29) is 30.1 Å². The van der Waals surface area contributed by atoms with E-state index < -0.39 is 0 Å². The molecule has 2 aromatic carbocycles. The molecule has 0 fully saturated rings. The average molecular weight is 496 g/mol. The van der Waals surface area contributed by atoms with Crippen molar-refractivity contribution in [1.29, 1.82) is 0 Å². The quantitative estimate of drug-likeness (QED) is 0.332. The first kappa shape index (κ1) is 24.2. The number of hydrogen-bond donors (Lipinski definition) is 2. The van der Waals surface area contributed by atoms with E-state index in [9.17, 15) is 0 Å². The molecule has 2 rings (SSSR count). The number of ether oxygens (including phenoxy) is 1. The third kappa shape index (κ3) is 8.93. The van der Waals surface area contributed by atoms with Crippen molar-refractivity contribution in [2.24, 2.45) is 4.99 Å². The number of hydrogen-bond acceptors (Lipinski definition) is 3. The molecule has 0 saturated carbocycles. The Balaban J connectivity index is 0.00000392. The fourth-order valence-electron chi connectivity index (χ4n) is 2.74. The summed E-state index contributed by atoms with van der Waals surface area (Å²) in [6, 6.07) is 16.8. The van der Waals surface area contributed by atoms with Crippen LogP contribution in [-0.2, 0) is 13.1 Å². The minimum atomic E-state index is 0. The summed E-state index contributed by atoms with van der Waals surface area (Å²) in [5.41, 5.74) is 3.74. The maximum atomic E-state index is 5.95. The van der Waals surface area contributed by atoms with E-state index in [4.69, 9.17) is 4.74 Å². The van der Waals surface area contributed by atoms with Gasteiger partial charge < -0.3 is 20.3 Å². The normalized spacial score (nSPS) is 12.3. The second-order valence-electron chi connectivity index (χ2n) is 7.11. The van der Waals surface area contributed by atoms with Crippen molar-refractivity contribution in [2.75, 3.05) is 27.7 Å². The Morgan fingerprint density at radius 1 is 1.07 bits per heavy atom. The number of rotatable bonds is 8. The predicted molar refractivity (Wildman–Crippen MR) is 129 cm³/mol. The van der Waals surface area contributed by atoms with Crippen LogP contribution in [0, 0.1) is 6.92 Å². The lowest BCUT2D eigenvalue weighted by Crippen LogP contribution is -2.41. The van der Waals surface area contributed by atoms with Gasteiger partial charge >= 0.3 is 0 Å². The average Bonchev–Trinajstić information content (AvgIpc) is 2.62. The number of aliphatic imine (C=N–C) groups is 1. The van der Waals surface area contributed by atoms with Gasteiger partial charge in [-0.05, 0) is 56.8 Å². The molecule has 0 saturated heterocycles. The van der Waals surface area contributed by atoms with Gasteiger partial charge in [-0.2, -0.15) is 0 Å². The molecule has 2 N–H and O–H groups in total. The highest BCUT2D eigenvalue weighted by Gasteiger charge is 2.06. The van der Waals surface area contributed by atoms with Gasteiger partial charge in [-0.15, -0.1) is 24.0 Å². The van der Waals surface area contributed by atoms with Gasteiger partial charge in [-0.25, -0.2) is 0 Å². The second-order valence-corrected chi connectivity index (χ2v) is 7.11. The second kappa shape index (κ2) is 12.6. The lowest BCUT2D eigenvalue weighted by Gasteiger charge is -2.18. The summed E-state index contributed by atoms with van der Waals surface area (Å²) in [4.78, 5) is 6.45. The first-order valence-corrected chi connectivity index (χ1v) is 9.36. The van der Waals surface area contributed by atoms with Crippen LogP contribution in [0.2, 0.25) is 0 Å². The van der Waals surface area contributed by atoms with Gasteiger partial charge in [0, 0.05) is 20.1 Å². The lowest BCUT2D eigenvalue weighted by molar-refractivity contribution is 0.223. The largest absolute Gasteiger partial charge is 0.489 e. The van der Waals surface area contributed by atoms with Crippen molar-refractivity contribution in [1.82, 2.24) is 15.5 Å². The van der Waals surface area contributed by atoms with Gasteiger partial charge in [-0.3, -0.25) is 4.99 Å². The molecule has 0 spiro atoms. The number of halogens is 1. The smallest absolute Gasteiger partial charge is 0.191 e. The van der Waals surface area contributed by atoms with Crippen LogP contribution in [0.25, 0.3) is 0 Å². The van der Waals surface area contributed by atoms with Crippen LogP contribution in [0.5, 0.6) is 5.75 Å². The van der Waals surface area contributed by atoms with Gasteiger partial charge in [0.2, 0.25) is 0 Å². The molecule has 0 bridgehead atoms. The molecular weight excluding hydrogens is 463 g/mol. The minimum Gasteiger partial charge on any atom is -0.489 e. The van der Waals surface area contributed by atoms with Crippen molar-refractivity contribution in [3.05, 3.63) is 65.2 Å². The molecule has 0 aromatic heterocycles. The standard InChI is InChI=1S/C22H32N4O.HI/c1-17-7-6-8-21(13-17)27-18(2)14-24-22(23-3)25-15-19-9-11-20(12-10-19)16-26(4)5;/h6-13,18H,14-16H2,1-5H3,(H2,23,24,25);1H. The zero-order valence-electron chi connectivity index (χ0n) is 17.5. The summed E-state index contributed by atoms with van der Waals surface area (Å²) >= 11 is 0. The van der Waals surface area contributed by atoms with E-state index in [1.807, 2.05) is 25.1 Å². The Morgan fingerprint density at radius 2 is 1.75 bits per heavy atom. The zero-order valence-corrected chi connectivity index (χ0v) is 19.9. The molecule has 0 amide bonds. The number of nitrogens with one attached hydrogen (secondary N) is 2. The molecule has 1 unspecified atom stereocenters. The molecule has 28 heavy (non-hydrogen) atoms. The molecule has 1 atom stereocenters. The van der Waals surface area contributed by atoms with Gasteiger partial charge in [0.1, 0.15) is 11.9 Å². The Kier molecular flexibility index (Phi) is 10.9. The maximum absolute atomic E-state index is 5.95. The van der Waals surface area contributed by atoms with E-state index in [0.717, 1.165) is 24.8 Å². The Morgan fingerprint density at radius 3 is 2.36 bits per heavy atom. The number of nitrogens with zero attached hydrogens (tertiary/aromatic N) is 2. The third-order valence-corrected chi connectivity index (χ3v) is 4.09. The Bertz CT molecular complexity index is 732. The molecule has 0 aliphatic carbocycles. The molecule has 0 radical (unpaired) electrons.